The largest absolute Gasteiger partial charge is 0.493 e. The van der Waals surface area contributed by atoms with Gasteiger partial charge in [-0.05, 0) is 12.1 Å². The van der Waals surface area contributed by atoms with E-state index in [4.69, 9.17) is 14.6 Å². The molecule has 0 atom stereocenters. The number of hydrogen-bond donors (Lipinski definition) is 1. The standard InChI is InChI=1S/C16H13NO4S/c1-20-12-7-11-14(8-13(12)21-2)22-15(17-11)9-3-5-10(6-4-9)16(18)19/h3-8H,1-2H3,(H,18,19). The van der Waals surface area contributed by atoms with E-state index in [9.17, 15) is 4.79 Å². The second-order valence-electron chi connectivity index (χ2n) is 4.58. The highest BCUT2D eigenvalue weighted by molar-refractivity contribution is 7.21. The highest BCUT2D eigenvalue weighted by Gasteiger charge is 2.12. The number of nitrogens with zero attached hydrogens (tertiary/aromatic N) is 1. The van der Waals surface area contributed by atoms with E-state index in [-0.39, 0.29) is 5.56 Å². The molecule has 0 saturated heterocycles. The minimum atomic E-state index is -0.940. The molecule has 112 valence electrons. The van der Waals surface area contributed by atoms with Gasteiger partial charge < -0.3 is 14.6 Å². The van der Waals surface area contributed by atoms with Crippen molar-refractivity contribution in [2.75, 3.05) is 14.2 Å². The van der Waals surface area contributed by atoms with Gasteiger partial charge in [0.2, 0.25) is 0 Å². The molecule has 0 spiro atoms. The van der Waals surface area contributed by atoms with Crippen molar-refractivity contribution in [1.82, 2.24) is 4.98 Å². The van der Waals surface area contributed by atoms with Gasteiger partial charge in [-0.3, -0.25) is 0 Å². The van der Waals surface area contributed by atoms with Gasteiger partial charge in [0, 0.05) is 17.7 Å². The Bertz CT molecular complexity index is 798. The van der Waals surface area contributed by atoms with Crippen molar-refractivity contribution in [3.05, 3.63) is 42.0 Å². The van der Waals surface area contributed by atoms with Crippen LogP contribution < -0.4 is 9.47 Å². The smallest absolute Gasteiger partial charge is 0.335 e. The van der Waals surface area contributed by atoms with Crippen molar-refractivity contribution < 1.29 is 19.4 Å². The minimum Gasteiger partial charge on any atom is -0.493 e. The molecule has 0 amide bonds. The zero-order chi connectivity index (χ0) is 15.7. The molecular formula is C16H13NO4S. The molecule has 0 bridgehead atoms. The maximum absolute atomic E-state index is 10.9. The summed E-state index contributed by atoms with van der Waals surface area (Å²) in [6.07, 6.45) is 0. The van der Waals surface area contributed by atoms with E-state index >= 15 is 0 Å². The molecular weight excluding hydrogens is 302 g/mol. The first kappa shape index (κ1) is 14.3. The van der Waals surface area contributed by atoms with E-state index in [1.165, 1.54) is 11.3 Å². The van der Waals surface area contributed by atoms with Crippen LogP contribution in [0.5, 0.6) is 11.5 Å². The zero-order valence-corrected chi connectivity index (χ0v) is 12.8. The van der Waals surface area contributed by atoms with Gasteiger partial charge in [0.25, 0.3) is 0 Å². The lowest BCUT2D eigenvalue weighted by Gasteiger charge is -2.05. The van der Waals surface area contributed by atoms with Crippen molar-refractivity contribution in [1.29, 1.82) is 0 Å². The number of benzene rings is 2. The van der Waals surface area contributed by atoms with Crippen molar-refractivity contribution in [3.63, 3.8) is 0 Å². The Hall–Kier alpha value is -2.60. The Morgan fingerprint density at radius 1 is 1.09 bits per heavy atom. The Morgan fingerprint density at radius 3 is 2.32 bits per heavy atom. The lowest BCUT2D eigenvalue weighted by atomic mass is 10.1. The van der Waals surface area contributed by atoms with Gasteiger partial charge in [-0.2, -0.15) is 0 Å². The lowest BCUT2D eigenvalue weighted by molar-refractivity contribution is 0.0697. The molecule has 1 heterocycles. The summed E-state index contributed by atoms with van der Waals surface area (Å²) >= 11 is 1.52. The number of aromatic nitrogens is 1. The first-order valence-corrected chi connectivity index (χ1v) is 7.30. The second-order valence-corrected chi connectivity index (χ2v) is 5.61. The highest BCUT2D eigenvalue weighted by atomic mass is 32.1. The number of methoxy groups -OCH3 is 2. The number of hydrogen-bond acceptors (Lipinski definition) is 5. The van der Waals surface area contributed by atoms with E-state index in [1.807, 2.05) is 12.1 Å². The molecule has 0 aliphatic heterocycles. The van der Waals surface area contributed by atoms with Crippen LogP contribution in [0, 0.1) is 0 Å². The van der Waals surface area contributed by atoms with Crippen LogP contribution in [-0.2, 0) is 0 Å². The maximum Gasteiger partial charge on any atom is 0.335 e. The van der Waals surface area contributed by atoms with Crippen LogP contribution in [0.15, 0.2) is 36.4 Å². The van der Waals surface area contributed by atoms with Crippen LogP contribution in [0.25, 0.3) is 20.8 Å². The predicted octanol–water partition coefficient (Wildman–Crippen LogP) is 3.68. The third kappa shape index (κ3) is 2.48. The molecule has 0 aliphatic rings. The molecule has 3 rings (SSSR count). The van der Waals surface area contributed by atoms with E-state index in [0.29, 0.717) is 11.5 Å². The van der Waals surface area contributed by atoms with E-state index in [0.717, 1.165) is 20.8 Å². The normalized spacial score (nSPS) is 10.6. The first-order chi connectivity index (χ1) is 10.6. The van der Waals surface area contributed by atoms with Crippen molar-refractivity contribution in [2.24, 2.45) is 0 Å². The van der Waals surface area contributed by atoms with Gasteiger partial charge in [0.1, 0.15) is 5.01 Å². The third-order valence-electron chi connectivity index (χ3n) is 3.27. The molecule has 6 heteroatoms. The molecule has 0 radical (unpaired) electrons. The molecule has 0 saturated carbocycles. The molecule has 0 aliphatic carbocycles. The Balaban J connectivity index is 2.06. The van der Waals surface area contributed by atoms with E-state index in [1.54, 1.807) is 38.5 Å². The molecule has 0 fully saturated rings. The average Bonchev–Trinajstić information content (AvgIpc) is 2.96. The SMILES string of the molecule is COc1cc2nc(-c3ccc(C(=O)O)cc3)sc2cc1OC. The number of thiazole rings is 1. The maximum atomic E-state index is 10.9. The van der Waals surface area contributed by atoms with Gasteiger partial charge in [0.05, 0.1) is 30.0 Å². The highest BCUT2D eigenvalue weighted by Crippen LogP contribution is 2.37. The summed E-state index contributed by atoms with van der Waals surface area (Å²) in [5.41, 5.74) is 1.96. The van der Waals surface area contributed by atoms with Gasteiger partial charge in [-0.1, -0.05) is 12.1 Å². The number of rotatable bonds is 4. The quantitative estimate of drug-likeness (QED) is 0.795. The fourth-order valence-electron chi connectivity index (χ4n) is 2.13. The number of aromatic carboxylic acids is 1. The number of carboxylic acids is 1. The average molecular weight is 315 g/mol. The van der Waals surface area contributed by atoms with Gasteiger partial charge in [-0.25, -0.2) is 9.78 Å². The summed E-state index contributed by atoms with van der Waals surface area (Å²) in [6, 6.07) is 10.4. The molecule has 5 nitrogen and oxygen atoms in total. The van der Waals surface area contributed by atoms with Crippen LogP contribution in [0.2, 0.25) is 0 Å². The Labute approximate surface area is 130 Å². The summed E-state index contributed by atoms with van der Waals surface area (Å²) in [7, 11) is 3.18. The molecule has 1 N–H and O–H groups in total. The predicted molar refractivity (Wildman–Crippen MR) is 85.1 cm³/mol. The van der Waals surface area contributed by atoms with Crippen molar-refractivity contribution in [3.8, 4) is 22.1 Å². The fraction of sp³-hybridized carbons (Fsp3) is 0.125. The Morgan fingerprint density at radius 2 is 1.73 bits per heavy atom. The second kappa shape index (κ2) is 5.65. The van der Waals surface area contributed by atoms with Crippen LogP contribution in [0.1, 0.15) is 10.4 Å². The summed E-state index contributed by atoms with van der Waals surface area (Å²) in [6.45, 7) is 0. The number of carbonyl (C=O) groups is 1. The van der Waals surface area contributed by atoms with Crippen LogP contribution >= 0.6 is 11.3 Å². The first-order valence-electron chi connectivity index (χ1n) is 6.48. The number of fused-ring (bicyclic) bond motifs is 1. The summed E-state index contributed by atoms with van der Waals surface area (Å²) in [4.78, 5) is 15.5. The molecule has 22 heavy (non-hydrogen) atoms. The third-order valence-corrected chi connectivity index (χ3v) is 4.34. The molecule has 2 aromatic carbocycles. The van der Waals surface area contributed by atoms with Crippen LogP contribution in [-0.4, -0.2) is 30.3 Å². The van der Waals surface area contributed by atoms with Gasteiger partial charge in [0.15, 0.2) is 11.5 Å². The van der Waals surface area contributed by atoms with E-state index < -0.39 is 5.97 Å². The summed E-state index contributed by atoms with van der Waals surface area (Å²) in [5, 5.41) is 9.76. The van der Waals surface area contributed by atoms with Crippen LogP contribution in [0.4, 0.5) is 0 Å². The zero-order valence-electron chi connectivity index (χ0n) is 12.0. The number of ether oxygens (including phenoxy) is 2. The van der Waals surface area contributed by atoms with Crippen molar-refractivity contribution in [2.45, 2.75) is 0 Å². The molecule has 1 aromatic heterocycles. The monoisotopic (exact) mass is 315 g/mol. The van der Waals surface area contributed by atoms with Gasteiger partial charge >= 0.3 is 5.97 Å². The minimum absolute atomic E-state index is 0.258. The number of carboxylic acid groups (broad SMARTS) is 1. The fourth-order valence-corrected chi connectivity index (χ4v) is 3.12. The van der Waals surface area contributed by atoms with E-state index in [2.05, 4.69) is 4.98 Å². The summed E-state index contributed by atoms with van der Waals surface area (Å²) in [5.74, 6) is 0.352. The topological polar surface area (TPSA) is 68.7 Å². The lowest BCUT2D eigenvalue weighted by Crippen LogP contribution is -1.94. The molecule has 0 unspecified atom stereocenters. The summed E-state index contributed by atoms with van der Waals surface area (Å²) < 4.78 is 11.5. The Kier molecular flexibility index (Phi) is 3.68. The van der Waals surface area contributed by atoms with Crippen LogP contribution in [0.3, 0.4) is 0 Å². The van der Waals surface area contributed by atoms with Gasteiger partial charge in [-0.15, -0.1) is 11.3 Å². The molecule has 3 aromatic rings. The van der Waals surface area contributed by atoms with Crippen molar-refractivity contribution >= 4 is 27.5 Å².